The standard InChI is InChI=1S/C15H26/c1-10(2)13-8-7-9-14(11(3)4)15(13)12(5)6/h8-12,15H,7H2,1-6H3. The Morgan fingerprint density at radius 1 is 0.867 bits per heavy atom. The monoisotopic (exact) mass is 206 g/mol. The Balaban J connectivity index is 2.98. The third-order valence-corrected chi connectivity index (χ3v) is 3.43. The maximum atomic E-state index is 2.45. The Morgan fingerprint density at radius 2 is 1.27 bits per heavy atom. The molecular weight excluding hydrogens is 180 g/mol. The van der Waals surface area contributed by atoms with Gasteiger partial charge in [0.25, 0.3) is 0 Å². The van der Waals surface area contributed by atoms with Crippen LogP contribution in [0.5, 0.6) is 0 Å². The van der Waals surface area contributed by atoms with E-state index in [9.17, 15) is 0 Å². The highest BCUT2D eigenvalue weighted by molar-refractivity contribution is 5.30. The molecule has 0 nitrogen and oxygen atoms in total. The normalized spacial score (nSPS) is 18.7. The van der Waals surface area contributed by atoms with Crippen LogP contribution in [0.1, 0.15) is 48.0 Å². The molecule has 1 aliphatic carbocycles. The number of allylic oxidation sites excluding steroid dienone is 4. The predicted molar refractivity (Wildman–Crippen MR) is 68.8 cm³/mol. The molecule has 0 unspecified atom stereocenters. The van der Waals surface area contributed by atoms with E-state index in [1.165, 1.54) is 0 Å². The summed E-state index contributed by atoms with van der Waals surface area (Å²) >= 11 is 0. The average Bonchev–Trinajstić information content (AvgIpc) is 2.16. The summed E-state index contributed by atoms with van der Waals surface area (Å²) in [5, 5.41) is 0. The van der Waals surface area contributed by atoms with Gasteiger partial charge in [-0.15, -0.1) is 0 Å². The van der Waals surface area contributed by atoms with Crippen molar-refractivity contribution in [2.24, 2.45) is 23.7 Å². The van der Waals surface area contributed by atoms with Crippen LogP contribution >= 0.6 is 0 Å². The first kappa shape index (κ1) is 12.5. The number of rotatable bonds is 3. The summed E-state index contributed by atoms with van der Waals surface area (Å²) in [6.45, 7) is 14.0. The zero-order valence-corrected chi connectivity index (χ0v) is 11.2. The molecule has 0 amide bonds. The van der Waals surface area contributed by atoms with Gasteiger partial charge in [0.05, 0.1) is 0 Å². The van der Waals surface area contributed by atoms with Crippen molar-refractivity contribution < 1.29 is 0 Å². The highest BCUT2D eigenvalue weighted by atomic mass is 14.3. The predicted octanol–water partition coefficient (Wildman–Crippen LogP) is 4.83. The van der Waals surface area contributed by atoms with Gasteiger partial charge in [0.1, 0.15) is 0 Å². The fourth-order valence-corrected chi connectivity index (χ4v) is 2.74. The van der Waals surface area contributed by atoms with Crippen LogP contribution in [0.15, 0.2) is 23.3 Å². The van der Waals surface area contributed by atoms with E-state index in [1.807, 2.05) is 0 Å². The van der Waals surface area contributed by atoms with E-state index >= 15 is 0 Å². The van der Waals surface area contributed by atoms with Gasteiger partial charge in [0.15, 0.2) is 0 Å². The number of hydrogen-bond donors (Lipinski definition) is 0. The molecule has 0 saturated carbocycles. The van der Waals surface area contributed by atoms with Crippen molar-refractivity contribution in [3.8, 4) is 0 Å². The smallest absolute Gasteiger partial charge is 0.00353 e. The van der Waals surface area contributed by atoms with Crippen molar-refractivity contribution in [3.63, 3.8) is 0 Å². The van der Waals surface area contributed by atoms with Crippen molar-refractivity contribution in [2.45, 2.75) is 48.0 Å². The van der Waals surface area contributed by atoms with Crippen LogP contribution in [0.25, 0.3) is 0 Å². The van der Waals surface area contributed by atoms with Crippen LogP contribution in [0.2, 0.25) is 0 Å². The van der Waals surface area contributed by atoms with Crippen molar-refractivity contribution in [3.05, 3.63) is 23.3 Å². The Hall–Kier alpha value is -0.520. The van der Waals surface area contributed by atoms with Gasteiger partial charge in [-0.1, -0.05) is 64.8 Å². The van der Waals surface area contributed by atoms with Gasteiger partial charge in [-0.05, 0) is 24.2 Å². The molecule has 0 aromatic carbocycles. The average molecular weight is 206 g/mol. The Bertz CT molecular complexity index is 240. The van der Waals surface area contributed by atoms with Gasteiger partial charge in [-0.3, -0.25) is 0 Å². The molecule has 1 rings (SSSR count). The lowest BCUT2D eigenvalue weighted by molar-refractivity contribution is 0.425. The molecule has 0 bridgehead atoms. The molecule has 0 saturated heterocycles. The molecule has 0 N–H and O–H groups in total. The molecule has 0 aliphatic heterocycles. The third kappa shape index (κ3) is 2.74. The summed E-state index contributed by atoms with van der Waals surface area (Å²) in [4.78, 5) is 0. The largest absolute Gasteiger partial charge is 0.0807 e. The minimum atomic E-state index is 0.693. The van der Waals surface area contributed by atoms with Crippen LogP contribution < -0.4 is 0 Å². The topological polar surface area (TPSA) is 0 Å². The molecule has 0 aromatic heterocycles. The van der Waals surface area contributed by atoms with Crippen LogP contribution in [0.3, 0.4) is 0 Å². The highest BCUT2D eigenvalue weighted by Crippen LogP contribution is 2.39. The lowest BCUT2D eigenvalue weighted by atomic mass is 9.71. The quantitative estimate of drug-likeness (QED) is 0.580. The van der Waals surface area contributed by atoms with Gasteiger partial charge in [-0.2, -0.15) is 0 Å². The summed E-state index contributed by atoms with van der Waals surface area (Å²) in [5.74, 6) is 2.81. The summed E-state index contributed by atoms with van der Waals surface area (Å²) in [7, 11) is 0. The van der Waals surface area contributed by atoms with Crippen LogP contribution in [0, 0.1) is 23.7 Å². The van der Waals surface area contributed by atoms with Crippen LogP contribution in [0.4, 0.5) is 0 Å². The van der Waals surface area contributed by atoms with Crippen LogP contribution in [-0.4, -0.2) is 0 Å². The second-order valence-corrected chi connectivity index (χ2v) is 5.68. The first-order valence-corrected chi connectivity index (χ1v) is 6.35. The molecule has 0 radical (unpaired) electrons. The van der Waals surface area contributed by atoms with Crippen molar-refractivity contribution in [2.75, 3.05) is 0 Å². The van der Waals surface area contributed by atoms with Crippen molar-refractivity contribution in [1.82, 2.24) is 0 Å². The van der Waals surface area contributed by atoms with Gasteiger partial charge in [0, 0.05) is 5.92 Å². The van der Waals surface area contributed by atoms with E-state index in [2.05, 4.69) is 53.7 Å². The summed E-state index contributed by atoms with van der Waals surface area (Å²) in [6.07, 6.45) is 6.03. The minimum absolute atomic E-state index is 0.693. The first-order chi connectivity index (χ1) is 6.95. The molecule has 0 heteroatoms. The molecule has 1 aliphatic rings. The SMILES string of the molecule is CC(C)C1=CCC=C(C(C)C)C1C(C)C. The molecular formula is C15H26. The van der Waals surface area contributed by atoms with Gasteiger partial charge in [-0.25, -0.2) is 0 Å². The highest BCUT2D eigenvalue weighted by Gasteiger charge is 2.27. The maximum absolute atomic E-state index is 2.45. The Labute approximate surface area is 95.5 Å². The summed E-state index contributed by atoms with van der Waals surface area (Å²) < 4.78 is 0. The fraction of sp³-hybridized carbons (Fsp3) is 0.733. The molecule has 0 fully saturated rings. The first-order valence-electron chi connectivity index (χ1n) is 6.35. The molecule has 0 heterocycles. The molecule has 0 spiro atoms. The molecule has 15 heavy (non-hydrogen) atoms. The molecule has 86 valence electrons. The van der Waals surface area contributed by atoms with E-state index in [-0.39, 0.29) is 0 Å². The van der Waals surface area contributed by atoms with E-state index < -0.39 is 0 Å². The molecule has 0 atom stereocenters. The lowest BCUT2D eigenvalue weighted by Crippen LogP contribution is -2.22. The summed E-state index contributed by atoms with van der Waals surface area (Å²) in [6, 6.07) is 0. The Kier molecular flexibility index (Phi) is 4.19. The second kappa shape index (κ2) is 5.01. The van der Waals surface area contributed by atoms with Crippen LogP contribution in [-0.2, 0) is 0 Å². The van der Waals surface area contributed by atoms with E-state index in [0.29, 0.717) is 17.8 Å². The fourth-order valence-electron chi connectivity index (χ4n) is 2.74. The second-order valence-electron chi connectivity index (χ2n) is 5.68. The lowest BCUT2D eigenvalue weighted by Gasteiger charge is -2.34. The maximum Gasteiger partial charge on any atom is 0.00353 e. The van der Waals surface area contributed by atoms with E-state index in [0.717, 1.165) is 12.3 Å². The van der Waals surface area contributed by atoms with Crippen molar-refractivity contribution >= 4 is 0 Å². The number of hydrogen-bond acceptors (Lipinski definition) is 0. The van der Waals surface area contributed by atoms with Gasteiger partial charge in [0.2, 0.25) is 0 Å². The zero-order valence-electron chi connectivity index (χ0n) is 11.2. The van der Waals surface area contributed by atoms with Gasteiger partial charge < -0.3 is 0 Å². The van der Waals surface area contributed by atoms with Gasteiger partial charge >= 0.3 is 0 Å². The zero-order chi connectivity index (χ0) is 11.6. The summed E-state index contributed by atoms with van der Waals surface area (Å²) in [5.41, 5.74) is 3.33. The van der Waals surface area contributed by atoms with E-state index in [1.54, 1.807) is 11.1 Å². The van der Waals surface area contributed by atoms with Crippen molar-refractivity contribution in [1.29, 1.82) is 0 Å². The molecule has 0 aromatic rings. The third-order valence-electron chi connectivity index (χ3n) is 3.43. The minimum Gasteiger partial charge on any atom is -0.0807 e. The Morgan fingerprint density at radius 3 is 1.53 bits per heavy atom. The van der Waals surface area contributed by atoms with E-state index in [4.69, 9.17) is 0 Å².